The van der Waals surface area contributed by atoms with Crippen molar-refractivity contribution in [2.45, 2.75) is 45.2 Å². The normalized spacial score (nSPS) is 18.6. The minimum Gasteiger partial charge on any atom is -0.496 e. The molecule has 0 aromatic heterocycles. The molecule has 1 unspecified atom stereocenters. The van der Waals surface area contributed by atoms with E-state index in [-0.39, 0.29) is 11.6 Å². The van der Waals surface area contributed by atoms with Gasteiger partial charge in [0.05, 0.1) is 13.2 Å². The number of hydrogen-bond donors (Lipinski definition) is 2. The zero-order valence-corrected chi connectivity index (χ0v) is 12.1. The van der Waals surface area contributed by atoms with E-state index >= 15 is 0 Å². The number of nitrogens with one attached hydrogen (secondary N) is 1. The number of nitrogens with two attached hydrogens (primary N) is 1. The van der Waals surface area contributed by atoms with Crippen molar-refractivity contribution in [2.75, 3.05) is 14.2 Å². The van der Waals surface area contributed by atoms with Gasteiger partial charge in [0.15, 0.2) is 0 Å². The third-order valence-electron chi connectivity index (χ3n) is 4.31. The predicted molar refractivity (Wildman–Crippen MR) is 75.2 cm³/mol. The van der Waals surface area contributed by atoms with Crippen LogP contribution >= 0.6 is 0 Å². The molecule has 3 N–H and O–H groups in total. The largest absolute Gasteiger partial charge is 0.496 e. The molecule has 3 nitrogen and oxygen atoms in total. The molecule has 1 atom stereocenters. The summed E-state index contributed by atoms with van der Waals surface area (Å²) in [6.07, 6.45) is 2.20. The van der Waals surface area contributed by atoms with Gasteiger partial charge in [-0.05, 0) is 69.0 Å². The van der Waals surface area contributed by atoms with Crippen LogP contribution in [0.5, 0.6) is 5.75 Å². The van der Waals surface area contributed by atoms with Crippen molar-refractivity contribution >= 4 is 0 Å². The lowest BCUT2D eigenvalue weighted by atomic mass is 9.87. The first-order chi connectivity index (χ1) is 8.44. The molecule has 0 spiro atoms. The molecular formula is C15H24N2O. The molecule has 0 bridgehead atoms. The van der Waals surface area contributed by atoms with Crippen molar-refractivity contribution in [3.63, 3.8) is 0 Å². The lowest BCUT2D eigenvalue weighted by Gasteiger charge is -2.28. The van der Waals surface area contributed by atoms with E-state index in [2.05, 4.69) is 32.2 Å². The van der Waals surface area contributed by atoms with Gasteiger partial charge in [0, 0.05) is 5.54 Å². The Balaban J connectivity index is 2.53. The third kappa shape index (κ3) is 2.02. The number of methoxy groups -OCH3 is 1. The van der Waals surface area contributed by atoms with Crippen LogP contribution in [-0.2, 0) is 0 Å². The molecule has 1 aliphatic rings. The second-order valence-corrected chi connectivity index (χ2v) is 5.51. The molecule has 1 saturated carbocycles. The smallest absolute Gasteiger partial charge is 0.122 e. The average molecular weight is 248 g/mol. The number of hydrogen-bond acceptors (Lipinski definition) is 3. The topological polar surface area (TPSA) is 47.3 Å². The van der Waals surface area contributed by atoms with Gasteiger partial charge in [-0.25, -0.2) is 0 Å². The summed E-state index contributed by atoms with van der Waals surface area (Å²) in [5, 5.41) is 3.40. The summed E-state index contributed by atoms with van der Waals surface area (Å²) in [7, 11) is 3.72. The van der Waals surface area contributed by atoms with Crippen LogP contribution in [0.4, 0.5) is 0 Å². The molecule has 0 aliphatic heterocycles. The highest BCUT2D eigenvalue weighted by molar-refractivity contribution is 5.50. The summed E-state index contributed by atoms with van der Waals surface area (Å²) in [5.74, 6) is 0.963. The standard InChI is InChI=1S/C15H24N2O/c1-9-8-12(18-5)10(2)11(3)13(9)14(17-4)15(16)6-7-15/h8,14,17H,6-7,16H2,1-5H3. The maximum Gasteiger partial charge on any atom is 0.122 e. The van der Waals surface area contributed by atoms with Crippen LogP contribution in [0, 0.1) is 20.8 Å². The second-order valence-electron chi connectivity index (χ2n) is 5.51. The van der Waals surface area contributed by atoms with Crippen LogP contribution in [0.25, 0.3) is 0 Å². The summed E-state index contributed by atoms with van der Waals surface area (Å²) in [4.78, 5) is 0. The fourth-order valence-electron chi connectivity index (χ4n) is 2.87. The molecule has 3 heteroatoms. The highest BCUT2D eigenvalue weighted by Crippen LogP contribution is 2.46. The number of benzene rings is 1. The van der Waals surface area contributed by atoms with Crippen LogP contribution in [0.15, 0.2) is 6.07 Å². The average Bonchev–Trinajstić information content (AvgIpc) is 3.08. The lowest BCUT2D eigenvalue weighted by Crippen LogP contribution is -2.39. The molecule has 18 heavy (non-hydrogen) atoms. The molecular weight excluding hydrogens is 224 g/mol. The van der Waals surface area contributed by atoms with Crippen LogP contribution < -0.4 is 15.8 Å². The van der Waals surface area contributed by atoms with Crippen molar-refractivity contribution in [3.8, 4) is 5.75 Å². The Kier molecular flexibility index (Phi) is 3.39. The molecule has 0 saturated heterocycles. The van der Waals surface area contributed by atoms with Crippen LogP contribution in [0.1, 0.15) is 41.1 Å². The van der Waals surface area contributed by atoms with Crippen molar-refractivity contribution in [1.82, 2.24) is 5.32 Å². The van der Waals surface area contributed by atoms with Gasteiger partial charge in [-0.2, -0.15) is 0 Å². The van der Waals surface area contributed by atoms with Crippen LogP contribution in [0.3, 0.4) is 0 Å². The molecule has 100 valence electrons. The van der Waals surface area contributed by atoms with E-state index < -0.39 is 0 Å². The fourth-order valence-corrected chi connectivity index (χ4v) is 2.87. The SMILES string of the molecule is CNC(c1c(C)cc(OC)c(C)c1C)C1(N)CC1. The van der Waals surface area contributed by atoms with E-state index in [9.17, 15) is 0 Å². The quantitative estimate of drug-likeness (QED) is 0.860. The van der Waals surface area contributed by atoms with Crippen LogP contribution in [-0.4, -0.2) is 19.7 Å². The molecule has 2 rings (SSSR count). The van der Waals surface area contributed by atoms with Gasteiger partial charge in [0.2, 0.25) is 0 Å². The van der Waals surface area contributed by atoms with Gasteiger partial charge in [-0.3, -0.25) is 0 Å². The van der Waals surface area contributed by atoms with E-state index in [1.54, 1.807) is 7.11 Å². The zero-order chi connectivity index (χ0) is 13.5. The lowest BCUT2D eigenvalue weighted by molar-refractivity contribution is 0.408. The Morgan fingerprint density at radius 2 is 1.89 bits per heavy atom. The van der Waals surface area contributed by atoms with Gasteiger partial charge in [-0.1, -0.05) is 0 Å². The van der Waals surface area contributed by atoms with E-state index in [1.807, 2.05) is 7.05 Å². The minimum atomic E-state index is -0.0642. The maximum absolute atomic E-state index is 6.40. The summed E-state index contributed by atoms with van der Waals surface area (Å²) < 4.78 is 5.42. The highest BCUT2D eigenvalue weighted by atomic mass is 16.5. The van der Waals surface area contributed by atoms with Gasteiger partial charge in [-0.15, -0.1) is 0 Å². The van der Waals surface area contributed by atoms with E-state index in [0.29, 0.717) is 0 Å². The Hall–Kier alpha value is -1.06. The first-order valence-corrected chi connectivity index (χ1v) is 6.55. The fraction of sp³-hybridized carbons (Fsp3) is 0.600. The molecule has 1 fully saturated rings. The molecule has 1 aromatic carbocycles. The molecule has 1 aliphatic carbocycles. The van der Waals surface area contributed by atoms with Gasteiger partial charge >= 0.3 is 0 Å². The highest BCUT2D eigenvalue weighted by Gasteiger charge is 2.46. The van der Waals surface area contributed by atoms with E-state index in [1.165, 1.54) is 22.3 Å². The Morgan fingerprint density at radius 1 is 1.28 bits per heavy atom. The number of ether oxygens (including phenoxy) is 1. The summed E-state index contributed by atoms with van der Waals surface area (Å²) in [5.41, 5.74) is 11.4. The van der Waals surface area contributed by atoms with Crippen molar-refractivity contribution in [1.29, 1.82) is 0 Å². The molecule has 1 aromatic rings. The summed E-state index contributed by atoms with van der Waals surface area (Å²) in [6, 6.07) is 2.36. The minimum absolute atomic E-state index is 0.0642. The third-order valence-corrected chi connectivity index (χ3v) is 4.31. The molecule has 0 heterocycles. The van der Waals surface area contributed by atoms with Crippen molar-refractivity contribution in [3.05, 3.63) is 28.3 Å². The molecule has 0 radical (unpaired) electrons. The van der Waals surface area contributed by atoms with Gasteiger partial charge < -0.3 is 15.8 Å². The van der Waals surface area contributed by atoms with Gasteiger partial charge in [0.1, 0.15) is 5.75 Å². The Bertz CT molecular complexity index is 464. The van der Waals surface area contributed by atoms with Crippen LogP contribution in [0.2, 0.25) is 0 Å². The van der Waals surface area contributed by atoms with Crippen molar-refractivity contribution in [2.24, 2.45) is 5.73 Å². The Morgan fingerprint density at radius 3 is 2.33 bits per heavy atom. The second kappa shape index (κ2) is 4.56. The first-order valence-electron chi connectivity index (χ1n) is 6.55. The zero-order valence-electron chi connectivity index (χ0n) is 12.1. The maximum atomic E-state index is 6.40. The predicted octanol–water partition coefficient (Wildman–Crippen LogP) is 2.37. The number of aryl methyl sites for hydroxylation is 1. The summed E-state index contributed by atoms with van der Waals surface area (Å²) >= 11 is 0. The number of likely N-dealkylation sites (N-methyl/N-ethyl adjacent to an activating group) is 1. The Labute approximate surface area is 110 Å². The van der Waals surface area contributed by atoms with Gasteiger partial charge in [0.25, 0.3) is 0 Å². The summed E-state index contributed by atoms with van der Waals surface area (Å²) in [6.45, 7) is 6.41. The molecule has 0 amide bonds. The van der Waals surface area contributed by atoms with E-state index in [4.69, 9.17) is 10.5 Å². The first kappa shape index (κ1) is 13.4. The number of rotatable bonds is 4. The van der Waals surface area contributed by atoms with E-state index in [0.717, 1.165) is 18.6 Å². The van der Waals surface area contributed by atoms with Crippen molar-refractivity contribution < 1.29 is 4.74 Å². The monoisotopic (exact) mass is 248 g/mol.